The maximum Gasteiger partial charge on any atom is 0.222 e. The van der Waals surface area contributed by atoms with Crippen LogP contribution in [0.25, 0.3) is 0 Å². The number of rotatable bonds is 4. The Morgan fingerprint density at radius 1 is 1.69 bits per heavy atom. The highest BCUT2D eigenvalue weighted by Crippen LogP contribution is 2.17. The van der Waals surface area contributed by atoms with Crippen molar-refractivity contribution in [1.29, 1.82) is 5.26 Å². The predicted octanol–water partition coefficient (Wildman–Crippen LogP) is 1.56. The van der Waals surface area contributed by atoms with E-state index >= 15 is 0 Å². The molecule has 1 rings (SSSR count). The van der Waals surface area contributed by atoms with Gasteiger partial charge in [0.25, 0.3) is 0 Å². The van der Waals surface area contributed by atoms with Gasteiger partial charge in [-0.3, -0.25) is 4.79 Å². The van der Waals surface area contributed by atoms with Gasteiger partial charge in [-0.05, 0) is 26.2 Å². The van der Waals surface area contributed by atoms with E-state index in [0.29, 0.717) is 13.0 Å². The minimum Gasteiger partial charge on any atom is -0.382 e. The molecule has 1 aliphatic rings. The van der Waals surface area contributed by atoms with E-state index in [1.165, 1.54) is 0 Å². The summed E-state index contributed by atoms with van der Waals surface area (Å²) in [5, 5.41) is 8.84. The average Bonchev–Trinajstić information content (AvgIpc) is 2.35. The average molecular weight is 224 g/mol. The topological polar surface area (TPSA) is 53.3 Å². The van der Waals surface area contributed by atoms with Gasteiger partial charge in [0.15, 0.2) is 0 Å². The lowest BCUT2D eigenvalue weighted by molar-refractivity contribution is -0.133. The fourth-order valence-corrected chi connectivity index (χ4v) is 1.91. The molecule has 0 bridgehead atoms. The molecule has 90 valence electrons. The zero-order chi connectivity index (χ0) is 12.0. The molecule has 1 saturated heterocycles. The second-order valence-electron chi connectivity index (χ2n) is 4.39. The molecule has 1 aliphatic heterocycles. The van der Waals surface area contributed by atoms with Gasteiger partial charge in [-0.15, -0.1) is 0 Å². The van der Waals surface area contributed by atoms with E-state index in [2.05, 4.69) is 6.07 Å². The second kappa shape index (κ2) is 6.49. The van der Waals surface area contributed by atoms with Gasteiger partial charge in [0.2, 0.25) is 5.91 Å². The molecule has 4 heteroatoms. The molecule has 1 heterocycles. The molecule has 1 fully saturated rings. The SMILES string of the molecule is COC(C)CCC(=O)N1CCCC(C#N)C1. The Bertz CT molecular complexity index is 273. The van der Waals surface area contributed by atoms with Gasteiger partial charge in [-0.1, -0.05) is 0 Å². The summed E-state index contributed by atoms with van der Waals surface area (Å²) < 4.78 is 5.11. The molecule has 16 heavy (non-hydrogen) atoms. The number of hydrogen-bond acceptors (Lipinski definition) is 3. The molecule has 0 aromatic rings. The van der Waals surface area contributed by atoms with Gasteiger partial charge in [0.1, 0.15) is 0 Å². The van der Waals surface area contributed by atoms with Crippen molar-refractivity contribution in [2.75, 3.05) is 20.2 Å². The lowest BCUT2D eigenvalue weighted by Crippen LogP contribution is -2.39. The smallest absolute Gasteiger partial charge is 0.222 e. The summed E-state index contributed by atoms with van der Waals surface area (Å²) in [5.74, 6) is 0.182. The molecule has 1 amide bonds. The molecular formula is C12H20N2O2. The van der Waals surface area contributed by atoms with Crippen LogP contribution in [0.1, 0.15) is 32.6 Å². The molecule has 0 N–H and O–H groups in total. The normalized spacial score (nSPS) is 22.6. The van der Waals surface area contributed by atoms with Crippen molar-refractivity contribution in [2.24, 2.45) is 5.92 Å². The van der Waals surface area contributed by atoms with Crippen molar-refractivity contribution in [1.82, 2.24) is 4.90 Å². The largest absolute Gasteiger partial charge is 0.382 e. The Kier molecular flexibility index (Phi) is 5.27. The minimum atomic E-state index is 0.0255. The van der Waals surface area contributed by atoms with E-state index in [1.807, 2.05) is 11.8 Å². The van der Waals surface area contributed by atoms with Crippen LogP contribution in [0.3, 0.4) is 0 Å². The zero-order valence-electron chi connectivity index (χ0n) is 10.1. The standard InChI is InChI=1S/C12H20N2O2/c1-10(16-2)5-6-12(15)14-7-3-4-11(8-13)9-14/h10-11H,3-7,9H2,1-2H3. The van der Waals surface area contributed by atoms with Crippen molar-refractivity contribution < 1.29 is 9.53 Å². The van der Waals surface area contributed by atoms with Crippen LogP contribution < -0.4 is 0 Å². The summed E-state index contributed by atoms with van der Waals surface area (Å²) in [4.78, 5) is 13.7. The maximum atomic E-state index is 11.8. The highest BCUT2D eigenvalue weighted by molar-refractivity contribution is 5.76. The molecule has 0 aromatic carbocycles. The number of hydrogen-bond donors (Lipinski definition) is 0. The fraction of sp³-hybridized carbons (Fsp3) is 0.833. The Morgan fingerprint density at radius 3 is 3.06 bits per heavy atom. The third kappa shape index (κ3) is 3.82. The Hall–Kier alpha value is -1.08. The molecule has 2 unspecified atom stereocenters. The number of nitriles is 1. The summed E-state index contributed by atoms with van der Waals surface area (Å²) in [6, 6.07) is 2.25. The van der Waals surface area contributed by atoms with Crippen LogP contribution in [-0.2, 0) is 9.53 Å². The zero-order valence-corrected chi connectivity index (χ0v) is 10.1. The first-order valence-corrected chi connectivity index (χ1v) is 5.87. The van der Waals surface area contributed by atoms with Gasteiger partial charge >= 0.3 is 0 Å². The van der Waals surface area contributed by atoms with Crippen molar-refractivity contribution in [3.05, 3.63) is 0 Å². The van der Waals surface area contributed by atoms with E-state index in [0.717, 1.165) is 25.8 Å². The number of nitrogens with zero attached hydrogens (tertiary/aromatic N) is 2. The van der Waals surface area contributed by atoms with Crippen molar-refractivity contribution in [3.8, 4) is 6.07 Å². The van der Waals surface area contributed by atoms with Crippen LogP contribution in [0.4, 0.5) is 0 Å². The lowest BCUT2D eigenvalue weighted by atomic mass is 9.99. The summed E-state index contributed by atoms with van der Waals surface area (Å²) >= 11 is 0. The van der Waals surface area contributed by atoms with Gasteiger partial charge in [-0.2, -0.15) is 5.26 Å². The van der Waals surface area contributed by atoms with Crippen LogP contribution in [0.15, 0.2) is 0 Å². The van der Waals surface area contributed by atoms with E-state index in [-0.39, 0.29) is 17.9 Å². The van der Waals surface area contributed by atoms with E-state index in [9.17, 15) is 4.79 Å². The number of methoxy groups -OCH3 is 1. The number of ether oxygens (including phenoxy) is 1. The van der Waals surface area contributed by atoms with Crippen molar-refractivity contribution in [2.45, 2.75) is 38.7 Å². The fourth-order valence-electron chi connectivity index (χ4n) is 1.91. The molecule has 0 spiro atoms. The summed E-state index contributed by atoms with van der Waals surface area (Å²) in [7, 11) is 1.65. The predicted molar refractivity (Wildman–Crippen MR) is 60.6 cm³/mol. The van der Waals surface area contributed by atoms with Gasteiger partial charge in [0.05, 0.1) is 18.1 Å². The summed E-state index contributed by atoms with van der Waals surface area (Å²) in [5.41, 5.74) is 0. The van der Waals surface area contributed by atoms with Crippen molar-refractivity contribution in [3.63, 3.8) is 0 Å². The minimum absolute atomic E-state index is 0.0255. The van der Waals surface area contributed by atoms with E-state index < -0.39 is 0 Å². The van der Waals surface area contributed by atoms with E-state index in [4.69, 9.17) is 10.00 Å². The molecule has 4 nitrogen and oxygen atoms in total. The van der Waals surface area contributed by atoms with Crippen molar-refractivity contribution >= 4 is 5.91 Å². The van der Waals surface area contributed by atoms with Crippen LogP contribution in [0.5, 0.6) is 0 Å². The van der Waals surface area contributed by atoms with Gasteiger partial charge in [-0.25, -0.2) is 0 Å². The van der Waals surface area contributed by atoms with Crippen LogP contribution in [-0.4, -0.2) is 37.1 Å². The molecule has 0 saturated carbocycles. The van der Waals surface area contributed by atoms with E-state index in [1.54, 1.807) is 7.11 Å². The lowest BCUT2D eigenvalue weighted by Gasteiger charge is -2.29. The van der Waals surface area contributed by atoms with Gasteiger partial charge < -0.3 is 9.64 Å². The number of likely N-dealkylation sites (tertiary alicyclic amines) is 1. The number of carbonyl (C=O) groups excluding carboxylic acids is 1. The van der Waals surface area contributed by atoms with Gasteiger partial charge in [0, 0.05) is 26.6 Å². The molecule has 2 atom stereocenters. The Balaban J connectivity index is 2.33. The summed E-state index contributed by atoms with van der Waals surface area (Å²) in [6.07, 6.45) is 3.27. The first-order valence-electron chi connectivity index (χ1n) is 5.87. The highest BCUT2D eigenvalue weighted by Gasteiger charge is 2.23. The van der Waals surface area contributed by atoms with Crippen LogP contribution in [0, 0.1) is 17.2 Å². The number of amides is 1. The quantitative estimate of drug-likeness (QED) is 0.728. The molecule has 0 aliphatic carbocycles. The van der Waals surface area contributed by atoms with Crippen LogP contribution in [0.2, 0.25) is 0 Å². The molecule has 0 aromatic heterocycles. The summed E-state index contributed by atoms with van der Waals surface area (Å²) in [6.45, 7) is 3.37. The third-order valence-electron chi connectivity index (χ3n) is 3.12. The maximum absolute atomic E-state index is 11.8. The van der Waals surface area contributed by atoms with Crippen LogP contribution >= 0.6 is 0 Å². The number of piperidine rings is 1. The second-order valence-corrected chi connectivity index (χ2v) is 4.39. The Morgan fingerprint density at radius 2 is 2.44 bits per heavy atom. The third-order valence-corrected chi connectivity index (χ3v) is 3.12. The first kappa shape index (κ1) is 13.0. The monoisotopic (exact) mass is 224 g/mol. The highest BCUT2D eigenvalue weighted by atomic mass is 16.5. The number of carbonyl (C=O) groups is 1. The molecule has 0 radical (unpaired) electrons. The molecular weight excluding hydrogens is 204 g/mol. The first-order chi connectivity index (χ1) is 7.67. The Labute approximate surface area is 97.2 Å².